The maximum Gasteiger partial charge on any atom is 0.208 e. The molecule has 0 saturated carbocycles. The Morgan fingerprint density at radius 1 is 0.818 bits per heavy atom. The largest absolute Gasteiger partial charge is 0.507 e. The lowest BCUT2D eigenvalue weighted by atomic mass is 10.1. The number of phenolic OH excluding ortho intramolecular Hbond substituents is 2. The van der Waals surface area contributed by atoms with Crippen LogP contribution in [0.25, 0.3) is 0 Å². The van der Waals surface area contributed by atoms with Crippen molar-refractivity contribution < 1.29 is 15.0 Å². The summed E-state index contributed by atoms with van der Waals surface area (Å²) in [6.45, 7) is 3.69. The summed E-state index contributed by atoms with van der Waals surface area (Å²) in [6, 6.07) is 6.80. The van der Waals surface area contributed by atoms with Gasteiger partial charge in [-0.15, -0.1) is 10.2 Å². The van der Waals surface area contributed by atoms with Gasteiger partial charge >= 0.3 is 0 Å². The van der Waals surface area contributed by atoms with Crippen molar-refractivity contribution in [2.75, 3.05) is 12.5 Å². The van der Waals surface area contributed by atoms with Gasteiger partial charge in [0.15, 0.2) is 11.5 Å². The van der Waals surface area contributed by atoms with Gasteiger partial charge in [-0.05, 0) is 61.8 Å². The van der Waals surface area contributed by atoms with E-state index in [1.54, 1.807) is 36.8 Å². The van der Waals surface area contributed by atoms with Crippen molar-refractivity contribution >= 4 is 58.8 Å². The van der Waals surface area contributed by atoms with Crippen LogP contribution in [0.2, 0.25) is 0 Å². The molecule has 0 aliphatic carbocycles. The maximum absolute atomic E-state index is 11.1. The maximum atomic E-state index is 11.1. The fraction of sp³-hybridized carbons (Fsp3) is 0.182. The molecule has 0 radical (unpaired) electrons. The lowest BCUT2D eigenvalue weighted by molar-refractivity contribution is 0.112. The van der Waals surface area contributed by atoms with E-state index in [1.165, 1.54) is 42.2 Å². The van der Waals surface area contributed by atoms with E-state index in [4.69, 9.17) is 5.73 Å². The van der Waals surface area contributed by atoms with Gasteiger partial charge in [0.1, 0.15) is 11.5 Å². The van der Waals surface area contributed by atoms with E-state index in [2.05, 4.69) is 25.4 Å². The molecule has 0 aliphatic rings. The Kier molecular flexibility index (Phi) is 9.83. The Balaban J connectivity index is 2.28. The molecule has 0 amide bonds. The third kappa shape index (κ3) is 7.58. The predicted molar refractivity (Wildman–Crippen MR) is 140 cm³/mol. The summed E-state index contributed by atoms with van der Waals surface area (Å²) < 4.78 is 0. The second-order valence-corrected chi connectivity index (χ2v) is 8.28. The Morgan fingerprint density at radius 2 is 1.30 bits per heavy atom. The highest BCUT2D eigenvalue weighted by Gasteiger charge is 2.08. The van der Waals surface area contributed by atoms with E-state index < -0.39 is 0 Å². The number of aldehydes is 1. The van der Waals surface area contributed by atoms with Gasteiger partial charge in [0.2, 0.25) is 5.17 Å². The number of aliphatic imine (C=N–C) groups is 1. The molecular formula is C22H24N6O3S2. The molecule has 0 atom stereocenters. The summed E-state index contributed by atoms with van der Waals surface area (Å²) in [5, 5.41) is 37.0. The molecule has 4 N–H and O–H groups in total. The van der Waals surface area contributed by atoms with Gasteiger partial charge in [-0.2, -0.15) is 10.2 Å². The standard InChI is InChI=1S/C22H24N6O3S2/c1-13-6-16(10-25-27-21(23)32-3)19(30)17(7-13)11-26-28-22(33-4)24-9-15-5-14(2)8-18(12-29)20(15)31/h5-12,30-31H,1-4H3,(H2,23,27)/b24-9+,25-10+,26-11+,28-22-. The first-order valence-corrected chi connectivity index (χ1v) is 12.0. The zero-order valence-electron chi connectivity index (χ0n) is 18.6. The second-order valence-electron chi connectivity index (χ2n) is 6.68. The van der Waals surface area contributed by atoms with Crippen molar-refractivity contribution in [3.8, 4) is 11.5 Å². The zero-order valence-corrected chi connectivity index (χ0v) is 20.2. The van der Waals surface area contributed by atoms with Gasteiger partial charge in [-0.25, -0.2) is 4.99 Å². The highest BCUT2D eigenvalue weighted by molar-refractivity contribution is 8.13. The van der Waals surface area contributed by atoms with Crippen molar-refractivity contribution in [2.45, 2.75) is 13.8 Å². The number of hydrogen-bond acceptors (Lipinski definition) is 9. The summed E-state index contributed by atoms with van der Waals surface area (Å²) in [6.07, 6.45) is 8.38. The molecule has 2 rings (SSSR count). The number of benzene rings is 2. The molecule has 0 aromatic heterocycles. The molecule has 2 aromatic carbocycles. The fourth-order valence-corrected chi connectivity index (χ4v) is 3.05. The van der Waals surface area contributed by atoms with Crippen molar-refractivity contribution in [2.24, 2.45) is 31.1 Å². The third-order valence-corrected chi connectivity index (χ3v) is 5.20. The minimum atomic E-state index is -0.147. The molecular weight excluding hydrogens is 460 g/mol. The van der Waals surface area contributed by atoms with E-state index in [-0.39, 0.29) is 17.1 Å². The molecule has 0 fully saturated rings. The molecule has 0 heterocycles. The number of carbonyl (C=O) groups is 1. The average molecular weight is 485 g/mol. The van der Waals surface area contributed by atoms with Crippen LogP contribution in [0.1, 0.15) is 38.2 Å². The van der Waals surface area contributed by atoms with Crippen LogP contribution in [-0.2, 0) is 0 Å². The van der Waals surface area contributed by atoms with Crippen LogP contribution in [0, 0.1) is 13.8 Å². The number of hydrogen-bond donors (Lipinski definition) is 3. The number of amidine groups is 2. The van der Waals surface area contributed by atoms with Gasteiger partial charge < -0.3 is 15.9 Å². The number of carbonyl (C=O) groups excluding carboxylic acids is 1. The number of aryl methyl sites for hydroxylation is 2. The topological polar surface area (TPSA) is 145 Å². The van der Waals surface area contributed by atoms with Gasteiger partial charge in [-0.1, -0.05) is 23.5 Å². The van der Waals surface area contributed by atoms with Crippen molar-refractivity contribution in [3.63, 3.8) is 0 Å². The minimum absolute atomic E-state index is 0.0264. The molecule has 11 heteroatoms. The van der Waals surface area contributed by atoms with Crippen LogP contribution >= 0.6 is 23.5 Å². The van der Waals surface area contributed by atoms with E-state index in [0.717, 1.165) is 11.1 Å². The first-order valence-electron chi connectivity index (χ1n) is 9.51. The first kappa shape index (κ1) is 25.8. The Hall–Kier alpha value is -3.44. The normalized spacial score (nSPS) is 13.0. The first-order chi connectivity index (χ1) is 15.8. The van der Waals surface area contributed by atoms with Crippen LogP contribution in [0.4, 0.5) is 0 Å². The number of nitrogens with zero attached hydrogens (tertiary/aromatic N) is 5. The van der Waals surface area contributed by atoms with Crippen LogP contribution in [0.15, 0.2) is 49.7 Å². The molecule has 0 saturated heterocycles. The van der Waals surface area contributed by atoms with Gasteiger partial charge in [0.05, 0.1) is 18.0 Å². The number of phenols is 2. The van der Waals surface area contributed by atoms with Crippen LogP contribution in [0.3, 0.4) is 0 Å². The molecule has 33 heavy (non-hydrogen) atoms. The lowest BCUT2D eigenvalue weighted by Gasteiger charge is -2.04. The lowest BCUT2D eigenvalue weighted by Crippen LogP contribution is -2.04. The van der Waals surface area contributed by atoms with Crippen molar-refractivity contribution in [3.05, 3.63) is 57.6 Å². The Morgan fingerprint density at radius 3 is 1.82 bits per heavy atom. The quantitative estimate of drug-likeness (QED) is 0.247. The molecule has 0 bridgehead atoms. The van der Waals surface area contributed by atoms with Crippen molar-refractivity contribution in [1.29, 1.82) is 0 Å². The predicted octanol–water partition coefficient (Wildman–Crippen LogP) is 3.71. The summed E-state index contributed by atoms with van der Waals surface area (Å²) in [4.78, 5) is 15.3. The number of thioether (sulfide) groups is 2. The van der Waals surface area contributed by atoms with Crippen molar-refractivity contribution in [1.82, 2.24) is 0 Å². The molecule has 0 aliphatic heterocycles. The molecule has 0 spiro atoms. The molecule has 2 aromatic rings. The summed E-state index contributed by atoms with van der Waals surface area (Å²) in [5.41, 5.74) is 8.77. The smallest absolute Gasteiger partial charge is 0.208 e. The van der Waals surface area contributed by atoms with Crippen LogP contribution < -0.4 is 5.73 Å². The van der Waals surface area contributed by atoms with E-state index in [0.29, 0.717) is 33.3 Å². The van der Waals surface area contributed by atoms with Crippen LogP contribution in [-0.4, -0.2) is 58.0 Å². The van der Waals surface area contributed by atoms with Gasteiger partial charge in [-0.3, -0.25) is 4.79 Å². The van der Waals surface area contributed by atoms with E-state index >= 15 is 0 Å². The van der Waals surface area contributed by atoms with Crippen LogP contribution in [0.5, 0.6) is 11.5 Å². The summed E-state index contributed by atoms with van der Waals surface area (Å²) >= 11 is 2.51. The van der Waals surface area contributed by atoms with E-state index in [1.807, 2.05) is 13.8 Å². The number of aromatic hydroxyl groups is 2. The molecule has 0 unspecified atom stereocenters. The zero-order chi connectivity index (χ0) is 24.4. The SMILES string of the molecule is CSC(=N\N=C\c1cc(C)cc(/C=N/N=C(\N)SC)c1O)/N=C/c1cc(C)cc(C=O)c1O. The summed E-state index contributed by atoms with van der Waals surface area (Å²) in [7, 11) is 0. The molecule has 9 nitrogen and oxygen atoms in total. The second kappa shape index (κ2) is 12.6. The van der Waals surface area contributed by atoms with Gasteiger partial charge in [0, 0.05) is 22.9 Å². The minimum Gasteiger partial charge on any atom is -0.507 e. The Bertz CT molecular complexity index is 1170. The number of rotatable bonds is 6. The molecule has 172 valence electrons. The highest BCUT2D eigenvalue weighted by atomic mass is 32.2. The fourth-order valence-electron chi connectivity index (χ4n) is 2.63. The van der Waals surface area contributed by atoms with Gasteiger partial charge in [0.25, 0.3) is 0 Å². The monoisotopic (exact) mass is 484 g/mol. The van der Waals surface area contributed by atoms with E-state index in [9.17, 15) is 15.0 Å². The third-order valence-electron chi connectivity index (χ3n) is 4.15. The number of nitrogens with two attached hydrogens (primary N) is 1. The highest BCUT2D eigenvalue weighted by Crippen LogP contribution is 2.23. The average Bonchev–Trinajstić information content (AvgIpc) is 2.80. The Labute approximate surface area is 200 Å². The summed E-state index contributed by atoms with van der Waals surface area (Å²) in [5.74, 6) is -0.174.